The van der Waals surface area contributed by atoms with Crippen LogP contribution in [-0.2, 0) is 20.2 Å². The number of nitrogens with zero attached hydrogens (tertiary/aromatic N) is 3. The predicted molar refractivity (Wildman–Crippen MR) is 138 cm³/mol. The van der Waals surface area contributed by atoms with Gasteiger partial charge in [0.2, 0.25) is 5.88 Å². The van der Waals surface area contributed by atoms with E-state index in [-0.39, 0.29) is 24.1 Å². The molecule has 10 nitrogen and oxygen atoms in total. The van der Waals surface area contributed by atoms with E-state index in [4.69, 9.17) is 9.47 Å². The first-order valence-electron chi connectivity index (χ1n) is 12.2. The lowest BCUT2D eigenvalue weighted by Crippen LogP contribution is -2.42. The summed E-state index contributed by atoms with van der Waals surface area (Å²) < 4.78 is 34.9. The summed E-state index contributed by atoms with van der Waals surface area (Å²) in [4.78, 5) is 25.8. The number of aliphatic hydroxyl groups is 1. The zero-order chi connectivity index (χ0) is 26.7. The number of pyridine rings is 3. The van der Waals surface area contributed by atoms with E-state index in [1.165, 1.54) is 6.26 Å². The summed E-state index contributed by atoms with van der Waals surface area (Å²) in [6.45, 7) is 7.15. The molecule has 1 fully saturated rings. The number of anilines is 2. The van der Waals surface area contributed by atoms with E-state index in [0.717, 1.165) is 0 Å². The molecule has 0 saturated heterocycles. The van der Waals surface area contributed by atoms with E-state index in [0.29, 0.717) is 58.0 Å². The molecule has 0 amide bonds. The molecule has 2 aliphatic rings. The number of hydrogen-bond donors (Lipinski definition) is 2. The van der Waals surface area contributed by atoms with E-state index in [1.54, 1.807) is 44.4 Å². The summed E-state index contributed by atoms with van der Waals surface area (Å²) in [7, 11) is -3.10. The smallest absolute Gasteiger partial charge is 0.340 e. The van der Waals surface area contributed by atoms with Gasteiger partial charge in [-0.15, -0.1) is 0 Å². The van der Waals surface area contributed by atoms with Crippen LogP contribution in [0.1, 0.15) is 68.1 Å². The van der Waals surface area contributed by atoms with Crippen molar-refractivity contribution >= 4 is 38.2 Å². The Labute approximate surface area is 215 Å². The fraction of sp³-hybridized carbons (Fsp3) is 0.462. The van der Waals surface area contributed by atoms with Crippen LogP contribution in [0.2, 0.25) is 0 Å². The summed E-state index contributed by atoms with van der Waals surface area (Å²) in [6, 6.07) is 5.18. The number of rotatable bonds is 6. The average Bonchev–Trinajstić information content (AvgIpc) is 2.77. The fourth-order valence-corrected chi connectivity index (χ4v) is 5.76. The van der Waals surface area contributed by atoms with Gasteiger partial charge in [0.1, 0.15) is 23.8 Å². The van der Waals surface area contributed by atoms with Gasteiger partial charge >= 0.3 is 5.97 Å². The van der Waals surface area contributed by atoms with Gasteiger partial charge in [0.25, 0.3) is 0 Å². The van der Waals surface area contributed by atoms with Gasteiger partial charge in [-0.1, -0.05) is 6.92 Å². The molecule has 1 aliphatic heterocycles. The van der Waals surface area contributed by atoms with E-state index in [1.807, 2.05) is 13.8 Å². The first-order valence-corrected chi connectivity index (χ1v) is 14.1. The molecule has 196 valence electrons. The Morgan fingerprint density at radius 2 is 1.84 bits per heavy atom. The van der Waals surface area contributed by atoms with Crippen molar-refractivity contribution in [2.45, 2.75) is 69.5 Å². The molecule has 0 spiro atoms. The van der Waals surface area contributed by atoms with Crippen molar-refractivity contribution in [2.75, 3.05) is 11.6 Å². The second-order valence-electron chi connectivity index (χ2n) is 10.5. The maximum Gasteiger partial charge on any atom is 0.340 e. The van der Waals surface area contributed by atoms with Gasteiger partial charge < -0.3 is 19.9 Å². The third-order valence-electron chi connectivity index (χ3n) is 7.16. The molecule has 5 rings (SSSR count). The summed E-state index contributed by atoms with van der Waals surface area (Å²) in [5.41, 5.74) is 0.524. The van der Waals surface area contributed by atoms with E-state index < -0.39 is 20.7 Å². The second-order valence-corrected chi connectivity index (χ2v) is 12.8. The van der Waals surface area contributed by atoms with Crippen molar-refractivity contribution in [2.24, 2.45) is 0 Å². The molecule has 2 atom stereocenters. The van der Waals surface area contributed by atoms with Crippen LogP contribution in [0.15, 0.2) is 30.6 Å². The zero-order valence-electron chi connectivity index (χ0n) is 21.3. The molecule has 11 heteroatoms. The first-order chi connectivity index (χ1) is 17.3. The zero-order valence-corrected chi connectivity index (χ0v) is 22.2. The summed E-state index contributed by atoms with van der Waals surface area (Å²) >= 11 is 0. The number of fused-ring (bicyclic) bond motifs is 2. The summed E-state index contributed by atoms with van der Waals surface area (Å²) in [5, 5.41) is 14.9. The molecule has 4 heterocycles. The minimum atomic E-state index is -3.10. The standard InChI is InChI=1S/C26H30N4O6S/c1-13-14(2)35-25(31)17-6-7-21(30-23(13)17)29-22-10-18-19(11-27-22)24(28-12-20(18)26(3,4)32)36-15-8-16(9-15)37(5,33)34/h6-7,10-16,32H,8-9H2,1-5H3,(H,27,29,30)/t13-,14-,15?,16?/m0/s1. The highest BCUT2D eigenvalue weighted by atomic mass is 32.2. The Morgan fingerprint density at radius 1 is 1.11 bits per heavy atom. The molecule has 3 aromatic rings. The van der Waals surface area contributed by atoms with Crippen molar-refractivity contribution < 1.29 is 27.8 Å². The van der Waals surface area contributed by atoms with Gasteiger partial charge in [0, 0.05) is 43.0 Å². The summed E-state index contributed by atoms with van der Waals surface area (Å²) in [6.07, 6.45) is 4.72. The van der Waals surface area contributed by atoms with Crippen molar-refractivity contribution in [1.29, 1.82) is 0 Å². The lowest BCUT2D eigenvalue weighted by molar-refractivity contribution is 0.0235. The van der Waals surface area contributed by atoms with Gasteiger partial charge in [0.05, 0.1) is 27.5 Å². The molecule has 1 saturated carbocycles. The summed E-state index contributed by atoms with van der Waals surface area (Å²) in [5.74, 6) is 0.915. The van der Waals surface area contributed by atoms with Crippen LogP contribution >= 0.6 is 0 Å². The van der Waals surface area contributed by atoms with E-state index in [2.05, 4.69) is 20.3 Å². The van der Waals surface area contributed by atoms with Crippen LogP contribution in [0.4, 0.5) is 11.6 Å². The Bertz CT molecular complexity index is 1490. The fourth-order valence-electron chi connectivity index (χ4n) is 4.63. The third kappa shape index (κ3) is 4.85. The maximum absolute atomic E-state index is 12.2. The van der Waals surface area contributed by atoms with Crippen LogP contribution in [0.3, 0.4) is 0 Å². The minimum absolute atomic E-state index is 0.0552. The molecule has 2 N–H and O–H groups in total. The van der Waals surface area contributed by atoms with Gasteiger partial charge in [-0.25, -0.2) is 28.2 Å². The van der Waals surface area contributed by atoms with Crippen molar-refractivity contribution in [3.63, 3.8) is 0 Å². The van der Waals surface area contributed by atoms with Gasteiger partial charge in [-0.2, -0.15) is 0 Å². The van der Waals surface area contributed by atoms with Crippen LogP contribution in [0, 0.1) is 0 Å². The molecule has 0 radical (unpaired) electrons. The predicted octanol–water partition coefficient (Wildman–Crippen LogP) is 3.61. The number of sulfone groups is 1. The van der Waals surface area contributed by atoms with Gasteiger partial charge in [0.15, 0.2) is 9.84 Å². The number of carbonyl (C=O) groups excluding carboxylic acids is 1. The SMILES string of the molecule is C[C@@H]1OC(=O)c2ccc(Nc3cc4c(C(C)(C)O)cnc(OC5CC(S(C)(=O)=O)C5)c4cn3)nc2[C@H]1C. The van der Waals surface area contributed by atoms with Crippen LogP contribution in [0.25, 0.3) is 10.8 Å². The number of esters is 1. The highest BCUT2D eigenvalue weighted by Gasteiger charge is 2.38. The van der Waals surface area contributed by atoms with E-state index >= 15 is 0 Å². The quantitative estimate of drug-likeness (QED) is 0.458. The number of aromatic nitrogens is 3. The number of hydrogen-bond acceptors (Lipinski definition) is 10. The van der Waals surface area contributed by atoms with Gasteiger partial charge in [-0.05, 0) is 44.4 Å². The number of ether oxygens (including phenoxy) is 2. The number of cyclic esters (lactones) is 1. The Kier molecular flexibility index (Phi) is 6.11. The highest BCUT2D eigenvalue weighted by Crippen LogP contribution is 2.37. The molecular weight excluding hydrogens is 496 g/mol. The first kappa shape index (κ1) is 25.3. The Hall–Kier alpha value is -3.31. The number of carbonyl (C=O) groups is 1. The molecular formula is C26H30N4O6S. The van der Waals surface area contributed by atoms with Crippen molar-refractivity contribution in [1.82, 2.24) is 15.0 Å². The average molecular weight is 527 g/mol. The monoisotopic (exact) mass is 526 g/mol. The van der Waals surface area contributed by atoms with E-state index in [9.17, 15) is 18.3 Å². The van der Waals surface area contributed by atoms with Crippen LogP contribution in [-0.4, -0.2) is 58.2 Å². The molecule has 0 bridgehead atoms. The Balaban J connectivity index is 1.47. The largest absolute Gasteiger partial charge is 0.474 e. The highest BCUT2D eigenvalue weighted by molar-refractivity contribution is 7.91. The molecule has 0 aromatic carbocycles. The normalized spacial score (nSPS) is 23.7. The van der Waals surface area contributed by atoms with Gasteiger partial charge in [-0.3, -0.25) is 0 Å². The maximum atomic E-state index is 12.2. The number of nitrogens with one attached hydrogen (secondary N) is 1. The lowest BCUT2D eigenvalue weighted by Gasteiger charge is -2.34. The van der Waals surface area contributed by atoms with Crippen LogP contribution < -0.4 is 10.1 Å². The minimum Gasteiger partial charge on any atom is -0.474 e. The molecule has 3 aromatic heterocycles. The van der Waals surface area contributed by atoms with Crippen molar-refractivity contribution in [3.8, 4) is 5.88 Å². The molecule has 1 aliphatic carbocycles. The molecule has 0 unspecified atom stereocenters. The third-order valence-corrected chi connectivity index (χ3v) is 8.75. The Morgan fingerprint density at radius 3 is 2.51 bits per heavy atom. The second kappa shape index (κ2) is 8.91. The molecule has 37 heavy (non-hydrogen) atoms. The topological polar surface area (TPSA) is 141 Å². The lowest BCUT2D eigenvalue weighted by atomic mass is 9.94. The van der Waals surface area contributed by atoms with Crippen molar-refractivity contribution in [3.05, 3.63) is 47.4 Å². The van der Waals surface area contributed by atoms with Crippen LogP contribution in [0.5, 0.6) is 5.88 Å².